The zero-order valence-corrected chi connectivity index (χ0v) is 18.1. The molecule has 2 aromatic carbocycles. The topological polar surface area (TPSA) is 18.5 Å². The highest BCUT2D eigenvalue weighted by atomic mass is 31.1. The first kappa shape index (κ1) is 20.2. The fraction of sp³-hybridized carbons (Fsp3) is 0.500. The van der Waals surface area contributed by atoms with Gasteiger partial charge in [-0.1, -0.05) is 58.2 Å². The van der Waals surface area contributed by atoms with Gasteiger partial charge in [0.2, 0.25) is 0 Å². The zero-order valence-electron chi connectivity index (χ0n) is 17.1. The molecule has 1 aliphatic rings. The molecule has 3 heteroatoms. The zero-order chi connectivity index (χ0) is 19.2. The highest BCUT2D eigenvalue weighted by molar-refractivity contribution is 7.48. The van der Waals surface area contributed by atoms with E-state index in [9.17, 15) is 0 Å². The van der Waals surface area contributed by atoms with Gasteiger partial charge in [-0.3, -0.25) is 0 Å². The fourth-order valence-electron chi connectivity index (χ4n) is 3.73. The molecule has 0 radical (unpaired) electrons. The van der Waals surface area contributed by atoms with Crippen molar-refractivity contribution in [1.29, 1.82) is 0 Å². The Kier molecular flexibility index (Phi) is 7.19. The van der Waals surface area contributed by atoms with E-state index in [1.165, 1.54) is 43.0 Å². The Morgan fingerprint density at radius 3 is 2.11 bits per heavy atom. The van der Waals surface area contributed by atoms with Gasteiger partial charge in [0.05, 0.1) is 17.8 Å². The van der Waals surface area contributed by atoms with Crippen molar-refractivity contribution in [2.45, 2.75) is 77.7 Å². The molecule has 1 fully saturated rings. The summed E-state index contributed by atoms with van der Waals surface area (Å²) in [6.45, 7) is 8.38. The predicted molar refractivity (Wildman–Crippen MR) is 118 cm³/mol. The third-order valence-corrected chi connectivity index (χ3v) is 6.55. The summed E-state index contributed by atoms with van der Waals surface area (Å²) < 4.78 is 12.6. The van der Waals surface area contributed by atoms with Gasteiger partial charge >= 0.3 is 0 Å². The Bertz CT molecular complexity index is 719. The molecule has 0 bridgehead atoms. The summed E-state index contributed by atoms with van der Waals surface area (Å²) in [7, 11) is 0.805. The smallest absolute Gasteiger partial charge is 0.138 e. The first-order valence-corrected chi connectivity index (χ1v) is 11.4. The van der Waals surface area contributed by atoms with E-state index in [-0.39, 0.29) is 12.2 Å². The van der Waals surface area contributed by atoms with Gasteiger partial charge in [0.15, 0.2) is 0 Å². The molecule has 146 valence electrons. The van der Waals surface area contributed by atoms with E-state index in [1.54, 1.807) is 0 Å². The van der Waals surface area contributed by atoms with Gasteiger partial charge in [0, 0.05) is 5.30 Å². The summed E-state index contributed by atoms with van der Waals surface area (Å²) >= 11 is 0. The minimum absolute atomic E-state index is 0.131. The highest BCUT2D eigenvalue weighted by Crippen LogP contribution is 2.43. The second kappa shape index (κ2) is 9.60. The normalized spacial score (nSPS) is 15.8. The van der Waals surface area contributed by atoms with E-state index in [0.29, 0.717) is 0 Å². The van der Waals surface area contributed by atoms with E-state index >= 15 is 0 Å². The molecule has 2 aromatic rings. The van der Waals surface area contributed by atoms with Crippen LogP contribution in [0.1, 0.15) is 59.8 Å². The summed E-state index contributed by atoms with van der Waals surface area (Å²) in [6.07, 6.45) is 7.11. The maximum absolute atomic E-state index is 6.42. The van der Waals surface area contributed by atoms with Crippen LogP contribution in [0.25, 0.3) is 11.1 Å². The molecule has 27 heavy (non-hydrogen) atoms. The van der Waals surface area contributed by atoms with Crippen molar-refractivity contribution in [3.05, 3.63) is 42.5 Å². The van der Waals surface area contributed by atoms with Crippen LogP contribution in [-0.4, -0.2) is 17.9 Å². The van der Waals surface area contributed by atoms with Crippen LogP contribution in [0.2, 0.25) is 0 Å². The lowest BCUT2D eigenvalue weighted by molar-refractivity contribution is 0.232. The largest absolute Gasteiger partial charge is 0.490 e. The first-order chi connectivity index (χ1) is 13.0. The average molecular weight is 385 g/mol. The van der Waals surface area contributed by atoms with Crippen LogP contribution in [0.3, 0.4) is 0 Å². The maximum Gasteiger partial charge on any atom is 0.138 e. The molecule has 0 amide bonds. The first-order valence-electron chi connectivity index (χ1n) is 10.4. The minimum atomic E-state index is 0.131. The standard InChI is InChI=1S/C24H33O2P/c1-17(2)25-21-15-16-22(27-20-13-9-6-10-14-20)24(26-18(3)4)23(21)19-11-7-5-8-12-19/h5,7-8,11-12,15-18,20,27H,6,9-10,13-14H2,1-4H3. The van der Waals surface area contributed by atoms with Crippen molar-refractivity contribution < 1.29 is 9.47 Å². The number of hydrogen-bond donors (Lipinski definition) is 0. The second-order valence-electron chi connectivity index (χ2n) is 7.99. The van der Waals surface area contributed by atoms with Crippen LogP contribution in [0, 0.1) is 0 Å². The van der Waals surface area contributed by atoms with Crippen LogP contribution >= 0.6 is 8.58 Å². The Hall–Kier alpha value is -1.53. The molecular weight excluding hydrogens is 351 g/mol. The summed E-state index contributed by atoms with van der Waals surface area (Å²) in [6, 6.07) is 14.9. The van der Waals surface area contributed by atoms with Crippen molar-refractivity contribution in [1.82, 2.24) is 0 Å². The van der Waals surface area contributed by atoms with Crippen LogP contribution < -0.4 is 14.8 Å². The third-order valence-electron chi connectivity index (χ3n) is 4.86. The molecule has 0 aliphatic heterocycles. The Labute approximate surface area is 166 Å². The van der Waals surface area contributed by atoms with Gasteiger partial charge in [0.25, 0.3) is 0 Å². The molecule has 1 saturated carbocycles. The molecule has 0 heterocycles. The highest BCUT2D eigenvalue weighted by Gasteiger charge is 2.22. The SMILES string of the molecule is CC(C)Oc1ccc(PC2CCCCC2)c(OC(C)C)c1-c1ccccc1. The fourth-order valence-corrected chi connectivity index (χ4v) is 5.36. The molecule has 0 aromatic heterocycles. The van der Waals surface area contributed by atoms with Crippen molar-refractivity contribution in [2.24, 2.45) is 0 Å². The van der Waals surface area contributed by atoms with Gasteiger partial charge in [0.1, 0.15) is 11.5 Å². The number of ether oxygens (including phenoxy) is 2. The molecule has 3 rings (SSSR count). The van der Waals surface area contributed by atoms with E-state index in [0.717, 1.165) is 31.3 Å². The number of rotatable bonds is 7. The quantitative estimate of drug-likeness (QED) is 0.503. The molecule has 1 atom stereocenters. The predicted octanol–water partition coefficient (Wildman–Crippen LogP) is 6.56. The van der Waals surface area contributed by atoms with Crippen LogP contribution in [0.15, 0.2) is 42.5 Å². The van der Waals surface area contributed by atoms with Gasteiger partial charge < -0.3 is 9.47 Å². The van der Waals surface area contributed by atoms with Crippen molar-refractivity contribution in [2.75, 3.05) is 0 Å². The lowest BCUT2D eigenvalue weighted by atomic mass is 10.0. The van der Waals surface area contributed by atoms with Crippen molar-refractivity contribution in [3.8, 4) is 22.6 Å². The molecule has 0 N–H and O–H groups in total. The monoisotopic (exact) mass is 384 g/mol. The summed E-state index contributed by atoms with van der Waals surface area (Å²) in [5.41, 5.74) is 3.08. The third kappa shape index (κ3) is 5.48. The maximum atomic E-state index is 6.42. The Morgan fingerprint density at radius 1 is 0.815 bits per heavy atom. The van der Waals surface area contributed by atoms with Crippen molar-refractivity contribution in [3.63, 3.8) is 0 Å². The molecule has 0 saturated heterocycles. The second-order valence-corrected chi connectivity index (χ2v) is 9.64. The molecule has 1 unspecified atom stereocenters. The average Bonchev–Trinajstić information content (AvgIpc) is 2.65. The van der Waals surface area contributed by atoms with Gasteiger partial charge in [-0.25, -0.2) is 0 Å². The lowest BCUT2D eigenvalue weighted by Gasteiger charge is -2.26. The van der Waals surface area contributed by atoms with E-state index in [2.05, 4.69) is 70.2 Å². The summed E-state index contributed by atoms with van der Waals surface area (Å²) in [4.78, 5) is 0. The summed E-state index contributed by atoms with van der Waals surface area (Å²) in [5.74, 6) is 1.95. The van der Waals surface area contributed by atoms with Crippen LogP contribution in [-0.2, 0) is 0 Å². The molecule has 0 spiro atoms. The number of benzene rings is 2. The minimum Gasteiger partial charge on any atom is -0.490 e. The molecular formula is C24H33O2P. The van der Waals surface area contributed by atoms with Crippen LogP contribution in [0.4, 0.5) is 0 Å². The lowest BCUT2D eigenvalue weighted by Crippen LogP contribution is -2.18. The van der Waals surface area contributed by atoms with Crippen LogP contribution in [0.5, 0.6) is 11.5 Å². The summed E-state index contributed by atoms with van der Waals surface area (Å²) in [5, 5.41) is 1.35. The van der Waals surface area contributed by atoms with E-state index < -0.39 is 0 Å². The Morgan fingerprint density at radius 2 is 1.48 bits per heavy atom. The van der Waals surface area contributed by atoms with Gasteiger partial charge in [-0.2, -0.15) is 0 Å². The van der Waals surface area contributed by atoms with Gasteiger partial charge in [-0.05, 0) is 63.9 Å². The van der Waals surface area contributed by atoms with E-state index in [1.807, 2.05) is 0 Å². The molecule has 1 aliphatic carbocycles. The van der Waals surface area contributed by atoms with E-state index in [4.69, 9.17) is 9.47 Å². The van der Waals surface area contributed by atoms with Crippen molar-refractivity contribution >= 4 is 13.9 Å². The Balaban J connectivity index is 2.07. The molecule has 2 nitrogen and oxygen atoms in total. The number of hydrogen-bond acceptors (Lipinski definition) is 2. The van der Waals surface area contributed by atoms with Gasteiger partial charge in [-0.15, -0.1) is 0 Å².